The van der Waals surface area contributed by atoms with Crippen molar-refractivity contribution in [3.05, 3.63) is 35.9 Å². The Hall–Kier alpha value is 0.344. The molecule has 1 aliphatic rings. The number of fused-ring (bicyclic) bond motifs is 1. The molecule has 11 heavy (non-hydrogen) atoms. The summed E-state index contributed by atoms with van der Waals surface area (Å²) in [5.41, 5.74) is 1.17. The molecular formula is C9H8EuO. The Bertz CT molecular complexity index is 268. The van der Waals surface area contributed by atoms with Crippen molar-refractivity contribution in [2.75, 3.05) is 6.61 Å². The van der Waals surface area contributed by atoms with Crippen molar-refractivity contribution in [2.45, 2.75) is 0 Å². The minimum Gasteiger partial charge on any atom is -0.489 e. The zero-order chi connectivity index (χ0) is 6.81. The van der Waals surface area contributed by atoms with E-state index in [2.05, 4.69) is 6.08 Å². The van der Waals surface area contributed by atoms with E-state index in [-0.39, 0.29) is 49.4 Å². The molecule has 1 aromatic rings. The third-order valence-electron chi connectivity index (χ3n) is 1.55. The van der Waals surface area contributed by atoms with Gasteiger partial charge in [0.1, 0.15) is 12.4 Å². The van der Waals surface area contributed by atoms with E-state index in [1.165, 1.54) is 5.56 Å². The summed E-state index contributed by atoms with van der Waals surface area (Å²) in [5, 5.41) is 0. The number of rotatable bonds is 0. The smallest absolute Gasteiger partial charge is 0.126 e. The fourth-order valence-electron chi connectivity index (χ4n) is 1.06. The first-order valence-corrected chi connectivity index (χ1v) is 3.35. The molecule has 0 N–H and O–H groups in total. The maximum Gasteiger partial charge on any atom is 0.126 e. The monoisotopic (exact) mass is 285 g/mol. The molecule has 2 rings (SSSR count). The summed E-state index contributed by atoms with van der Waals surface area (Å²) >= 11 is 0. The summed E-state index contributed by atoms with van der Waals surface area (Å²) in [6, 6.07) is 8.03. The van der Waals surface area contributed by atoms with Gasteiger partial charge < -0.3 is 4.74 Å². The van der Waals surface area contributed by atoms with E-state index >= 15 is 0 Å². The van der Waals surface area contributed by atoms with Crippen LogP contribution in [0.2, 0.25) is 0 Å². The predicted molar refractivity (Wildman–Crippen MR) is 41.0 cm³/mol. The average molecular weight is 284 g/mol. The van der Waals surface area contributed by atoms with Crippen LogP contribution in [-0.2, 0) is 0 Å². The summed E-state index contributed by atoms with van der Waals surface area (Å²) in [6.45, 7) is 0.705. The van der Waals surface area contributed by atoms with Crippen LogP contribution >= 0.6 is 0 Å². The van der Waals surface area contributed by atoms with Crippen LogP contribution in [0.25, 0.3) is 6.08 Å². The molecule has 0 amide bonds. The zero-order valence-corrected chi connectivity index (χ0v) is 8.38. The first-order valence-electron chi connectivity index (χ1n) is 3.35. The number of ether oxygens (including phenoxy) is 1. The van der Waals surface area contributed by atoms with Crippen LogP contribution in [0.5, 0.6) is 5.75 Å². The summed E-state index contributed by atoms with van der Waals surface area (Å²) in [4.78, 5) is 0. The number of hydrogen-bond acceptors (Lipinski definition) is 1. The van der Waals surface area contributed by atoms with Crippen LogP contribution in [-0.4, -0.2) is 6.61 Å². The first-order chi connectivity index (χ1) is 4.97. The maximum absolute atomic E-state index is 5.34. The molecular weight excluding hydrogens is 276 g/mol. The van der Waals surface area contributed by atoms with Gasteiger partial charge in [0.15, 0.2) is 0 Å². The number of benzene rings is 1. The van der Waals surface area contributed by atoms with Crippen molar-refractivity contribution < 1.29 is 54.1 Å². The van der Waals surface area contributed by atoms with E-state index in [0.717, 1.165) is 5.75 Å². The normalized spacial score (nSPS) is 12.7. The van der Waals surface area contributed by atoms with Crippen molar-refractivity contribution in [1.82, 2.24) is 0 Å². The Morgan fingerprint density at radius 2 is 2.00 bits per heavy atom. The molecule has 1 aromatic carbocycles. The summed E-state index contributed by atoms with van der Waals surface area (Å²) in [5.74, 6) is 0.991. The van der Waals surface area contributed by atoms with Gasteiger partial charge in [0.05, 0.1) is 0 Å². The van der Waals surface area contributed by atoms with Gasteiger partial charge in [0.25, 0.3) is 0 Å². The molecule has 1 radical (unpaired) electrons. The Morgan fingerprint density at radius 1 is 1.18 bits per heavy atom. The second-order valence-electron chi connectivity index (χ2n) is 2.25. The zero-order valence-electron chi connectivity index (χ0n) is 5.96. The minimum absolute atomic E-state index is 0. The Morgan fingerprint density at radius 3 is 2.82 bits per heavy atom. The van der Waals surface area contributed by atoms with Crippen molar-refractivity contribution in [3.63, 3.8) is 0 Å². The van der Waals surface area contributed by atoms with Crippen LogP contribution in [0.3, 0.4) is 0 Å². The van der Waals surface area contributed by atoms with Crippen LogP contribution in [0, 0.1) is 49.4 Å². The third-order valence-corrected chi connectivity index (χ3v) is 1.55. The quantitative estimate of drug-likeness (QED) is 0.709. The van der Waals surface area contributed by atoms with Gasteiger partial charge in [-0.2, -0.15) is 0 Å². The van der Waals surface area contributed by atoms with Gasteiger partial charge >= 0.3 is 0 Å². The van der Waals surface area contributed by atoms with Gasteiger partial charge in [-0.05, 0) is 12.1 Å². The Kier molecular flexibility index (Phi) is 3.76. The number of hydrogen-bond donors (Lipinski definition) is 0. The fourth-order valence-corrected chi connectivity index (χ4v) is 1.06. The third kappa shape index (κ3) is 2.14. The van der Waals surface area contributed by atoms with Gasteiger partial charge in [-0.3, -0.25) is 0 Å². The summed E-state index contributed by atoms with van der Waals surface area (Å²) in [7, 11) is 0. The molecule has 2 heteroatoms. The molecule has 1 heterocycles. The van der Waals surface area contributed by atoms with Crippen molar-refractivity contribution in [2.24, 2.45) is 0 Å². The van der Waals surface area contributed by atoms with E-state index in [9.17, 15) is 0 Å². The largest absolute Gasteiger partial charge is 0.489 e. The van der Waals surface area contributed by atoms with Gasteiger partial charge in [0, 0.05) is 54.9 Å². The van der Waals surface area contributed by atoms with Crippen LogP contribution in [0.1, 0.15) is 5.56 Å². The first kappa shape index (κ1) is 9.43. The summed E-state index contributed by atoms with van der Waals surface area (Å²) < 4.78 is 5.34. The van der Waals surface area contributed by atoms with E-state index in [4.69, 9.17) is 4.74 Å². The second-order valence-corrected chi connectivity index (χ2v) is 2.25. The molecule has 57 valence electrons. The molecule has 1 aliphatic heterocycles. The predicted octanol–water partition coefficient (Wildman–Crippen LogP) is 2.09. The standard InChI is InChI=1S/C9H8O.Eu/c1-2-6-9-8(4-1)5-3-7-10-9;/h1-6H,7H2;. The molecule has 0 aliphatic carbocycles. The molecule has 1 nitrogen and oxygen atoms in total. The van der Waals surface area contributed by atoms with E-state index in [1.807, 2.05) is 30.3 Å². The van der Waals surface area contributed by atoms with Gasteiger partial charge in [-0.15, -0.1) is 0 Å². The van der Waals surface area contributed by atoms with Crippen LogP contribution in [0.4, 0.5) is 0 Å². The van der Waals surface area contributed by atoms with E-state index < -0.39 is 0 Å². The van der Waals surface area contributed by atoms with Gasteiger partial charge in [-0.1, -0.05) is 24.3 Å². The molecule has 0 aromatic heterocycles. The van der Waals surface area contributed by atoms with Gasteiger partial charge in [-0.25, -0.2) is 0 Å². The molecule has 0 spiro atoms. The molecule has 0 fully saturated rings. The van der Waals surface area contributed by atoms with Gasteiger partial charge in [0.2, 0.25) is 0 Å². The average Bonchev–Trinajstić information content (AvgIpc) is 2.05. The summed E-state index contributed by atoms with van der Waals surface area (Å²) in [6.07, 6.45) is 4.10. The van der Waals surface area contributed by atoms with Crippen LogP contribution < -0.4 is 4.74 Å². The second kappa shape index (κ2) is 4.39. The molecule has 0 saturated carbocycles. The SMILES string of the molecule is C1=Cc2ccccc2OC1.[Eu]. The molecule has 0 bridgehead atoms. The maximum atomic E-state index is 5.34. The number of para-hydroxylation sites is 1. The topological polar surface area (TPSA) is 9.23 Å². The Balaban J connectivity index is 0.000000605. The molecule has 0 saturated heterocycles. The Labute approximate surface area is 107 Å². The van der Waals surface area contributed by atoms with Crippen LogP contribution in [0.15, 0.2) is 30.3 Å². The van der Waals surface area contributed by atoms with E-state index in [0.29, 0.717) is 6.61 Å². The van der Waals surface area contributed by atoms with Crippen molar-refractivity contribution in [1.29, 1.82) is 0 Å². The molecule has 0 unspecified atom stereocenters. The molecule has 0 atom stereocenters. The van der Waals surface area contributed by atoms with Crippen molar-refractivity contribution >= 4 is 6.08 Å². The minimum atomic E-state index is 0. The fraction of sp³-hybridized carbons (Fsp3) is 0.111. The van der Waals surface area contributed by atoms with E-state index in [1.54, 1.807) is 0 Å². The van der Waals surface area contributed by atoms with Crippen molar-refractivity contribution in [3.8, 4) is 5.75 Å².